The first-order chi connectivity index (χ1) is 31.2. The van der Waals surface area contributed by atoms with E-state index in [4.69, 9.17) is 0 Å². The zero-order valence-electron chi connectivity index (χ0n) is 39.6. The first kappa shape index (κ1) is 41.2. The molecule has 0 amide bonds. The number of aryl methyl sites for hydroxylation is 3. The number of nitrogens with zero attached hydrogens (tertiary/aromatic N) is 1. The van der Waals surface area contributed by atoms with Gasteiger partial charge >= 0.3 is 0 Å². The molecule has 0 spiro atoms. The summed E-state index contributed by atoms with van der Waals surface area (Å²) in [7, 11) is 0.849. The van der Waals surface area contributed by atoms with Crippen molar-refractivity contribution in [2.24, 2.45) is 0 Å². The largest absolute Gasteiger partial charge is 0.355 e. The molecule has 0 saturated carbocycles. The number of benzene rings is 8. The minimum Gasteiger partial charge on any atom is -0.355 e. The van der Waals surface area contributed by atoms with Crippen LogP contribution in [0, 0.1) is 20.8 Å². The molecule has 2 heterocycles. The van der Waals surface area contributed by atoms with Crippen LogP contribution in [0.4, 0.5) is 28.4 Å². The third-order valence-electron chi connectivity index (χ3n) is 15.3. The lowest BCUT2D eigenvalue weighted by Crippen LogP contribution is -2.46. The lowest BCUT2D eigenvalue weighted by Gasteiger charge is -2.49. The Kier molecular flexibility index (Phi) is 9.49. The summed E-state index contributed by atoms with van der Waals surface area (Å²) in [4.78, 5) is 2.69. The smallest absolute Gasteiger partial charge is 0.198 e. The van der Waals surface area contributed by atoms with E-state index in [0.29, 0.717) is 0 Å². The topological polar surface area (TPSA) is 15.3 Å². The second kappa shape index (κ2) is 15.0. The normalized spacial score (nSPS) is 15.8. The highest BCUT2D eigenvalue weighted by Gasteiger charge is 2.45. The molecule has 65 heavy (non-hydrogen) atoms. The van der Waals surface area contributed by atoms with Crippen LogP contribution in [0.2, 0.25) is 0 Å². The van der Waals surface area contributed by atoms with Crippen molar-refractivity contribution in [1.82, 2.24) is 0 Å². The highest BCUT2D eigenvalue weighted by molar-refractivity contribution is 6.73. The summed E-state index contributed by atoms with van der Waals surface area (Å²) in [6.07, 6.45) is 2.37. The molecule has 3 aliphatic rings. The average molecular weight is 843 g/mol. The van der Waals surface area contributed by atoms with Crippen molar-refractivity contribution in [3.63, 3.8) is 0 Å². The van der Waals surface area contributed by atoms with E-state index in [0.717, 1.165) is 18.7 Å². The van der Waals surface area contributed by atoms with Crippen LogP contribution in [-0.4, -0.2) is 7.28 Å². The maximum absolute atomic E-state index is 4.02. The van der Waals surface area contributed by atoms with E-state index in [-0.39, 0.29) is 16.2 Å². The van der Waals surface area contributed by atoms with Crippen molar-refractivity contribution in [3.8, 4) is 44.5 Å². The van der Waals surface area contributed by atoms with Crippen molar-refractivity contribution >= 4 is 46.6 Å². The molecule has 11 rings (SSSR count). The van der Waals surface area contributed by atoms with Crippen LogP contribution < -0.4 is 21.1 Å². The van der Waals surface area contributed by atoms with Gasteiger partial charge in [-0.05, 0) is 165 Å². The van der Waals surface area contributed by atoms with Crippen molar-refractivity contribution in [3.05, 3.63) is 197 Å². The van der Waals surface area contributed by atoms with E-state index in [9.17, 15) is 0 Å². The lowest BCUT2D eigenvalue weighted by molar-refractivity contribution is 0.331. The maximum atomic E-state index is 4.02. The van der Waals surface area contributed by atoms with Crippen LogP contribution in [-0.2, 0) is 16.2 Å². The first-order valence-corrected chi connectivity index (χ1v) is 23.7. The standard InChI is InChI=1S/C62H59BN2/c1-38-29-39(2)57(40(3)30-38)45-34-48(47-23-16-17-26-54(47)64-46-32-43(41-19-12-10-13-20-41)31-44(33-46)42-21-14-11-15-22-42)58-56(35-45)65-55-37-51-50(60(4,5)27-28-61(51,6)7)36-52(55)62(8,9)49-24-18-25-53(63-58)59(49)65/h10-26,29-37,63-64H,27-28H2,1-9H3. The Labute approximate surface area is 387 Å². The van der Waals surface area contributed by atoms with Crippen LogP contribution in [0.25, 0.3) is 44.5 Å². The fourth-order valence-electron chi connectivity index (χ4n) is 11.8. The molecule has 0 radical (unpaired) electrons. The third-order valence-corrected chi connectivity index (χ3v) is 15.3. The van der Waals surface area contributed by atoms with E-state index in [1.54, 1.807) is 0 Å². The molecular formula is C62H59BN2. The van der Waals surface area contributed by atoms with Crippen LogP contribution in [0.3, 0.4) is 0 Å². The summed E-state index contributed by atoms with van der Waals surface area (Å²) in [6.45, 7) is 21.6. The Bertz CT molecular complexity index is 3130. The molecule has 0 bridgehead atoms. The molecule has 0 unspecified atom stereocenters. The summed E-state index contributed by atoms with van der Waals surface area (Å²) in [5.41, 5.74) is 28.5. The van der Waals surface area contributed by atoms with Gasteiger partial charge in [0.05, 0.1) is 5.69 Å². The van der Waals surface area contributed by atoms with E-state index >= 15 is 0 Å². The van der Waals surface area contributed by atoms with Gasteiger partial charge in [-0.1, -0.05) is 168 Å². The van der Waals surface area contributed by atoms with Gasteiger partial charge < -0.3 is 10.2 Å². The van der Waals surface area contributed by atoms with Gasteiger partial charge in [0.2, 0.25) is 0 Å². The van der Waals surface area contributed by atoms with Gasteiger partial charge in [0.1, 0.15) is 0 Å². The van der Waals surface area contributed by atoms with E-state index in [1.807, 2.05) is 0 Å². The molecule has 0 saturated heterocycles. The van der Waals surface area contributed by atoms with E-state index in [2.05, 4.69) is 230 Å². The van der Waals surface area contributed by atoms with Gasteiger partial charge in [-0.3, -0.25) is 0 Å². The Balaban J connectivity index is 1.16. The quantitative estimate of drug-likeness (QED) is 0.168. The number of anilines is 5. The molecule has 1 aliphatic carbocycles. The SMILES string of the molecule is Cc1cc(C)c(-c2cc(-c3ccccc3Nc3cc(-c4ccccc4)cc(-c4ccccc4)c3)c3c(c2)N2c4cc5c(cc4C(C)(C)c4cccc(c42)B3)C(C)(C)CCC5(C)C)c(C)c1. The Morgan fingerprint density at radius 2 is 1.08 bits per heavy atom. The highest BCUT2D eigenvalue weighted by atomic mass is 15.2. The third kappa shape index (κ3) is 6.77. The van der Waals surface area contributed by atoms with Gasteiger partial charge in [0, 0.05) is 33.7 Å². The first-order valence-electron chi connectivity index (χ1n) is 23.7. The van der Waals surface area contributed by atoms with E-state index in [1.165, 1.54) is 124 Å². The number of hydrogen-bond acceptors (Lipinski definition) is 2. The summed E-state index contributed by atoms with van der Waals surface area (Å²) in [5, 5.41) is 4.02. The Hall–Kier alpha value is -6.58. The summed E-state index contributed by atoms with van der Waals surface area (Å²) < 4.78 is 0. The molecule has 3 heteroatoms. The molecular weight excluding hydrogens is 784 g/mol. The molecule has 8 aromatic rings. The molecule has 2 nitrogen and oxygen atoms in total. The molecule has 0 aromatic heterocycles. The monoisotopic (exact) mass is 842 g/mol. The van der Waals surface area contributed by atoms with E-state index < -0.39 is 0 Å². The maximum Gasteiger partial charge on any atom is 0.198 e. The zero-order valence-corrected chi connectivity index (χ0v) is 39.6. The summed E-state index contributed by atoms with van der Waals surface area (Å²) in [5.74, 6) is 0. The number of hydrogen-bond donors (Lipinski definition) is 1. The fourth-order valence-corrected chi connectivity index (χ4v) is 11.8. The van der Waals surface area contributed by atoms with Crippen LogP contribution in [0.15, 0.2) is 158 Å². The molecule has 8 aromatic carbocycles. The summed E-state index contributed by atoms with van der Waals surface area (Å²) in [6, 6.07) is 59.5. The zero-order chi connectivity index (χ0) is 45.0. The molecule has 1 N–H and O–H groups in total. The summed E-state index contributed by atoms with van der Waals surface area (Å²) >= 11 is 0. The van der Waals surface area contributed by atoms with Crippen molar-refractivity contribution in [2.45, 2.75) is 91.4 Å². The van der Waals surface area contributed by atoms with Gasteiger partial charge in [0.15, 0.2) is 7.28 Å². The Morgan fingerprint density at radius 3 is 1.72 bits per heavy atom. The van der Waals surface area contributed by atoms with Crippen LogP contribution >= 0.6 is 0 Å². The highest BCUT2D eigenvalue weighted by Crippen LogP contribution is 2.57. The van der Waals surface area contributed by atoms with Crippen LogP contribution in [0.5, 0.6) is 0 Å². The molecule has 0 atom stereocenters. The minimum absolute atomic E-state index is 0.0777. The predicted octanol–water partition coefficient (Wildman–Crippen LogP) is 15.2. The number of rotatable bonds is 6. The van der Waals surface area contributed by atoms with Crippen molar-refractivity contribution < 1.29 is 0 Å². The molecule has 0 fully saturated rings. The van der Waals surface area contributed by atoms with Gasteiger partial charge in [-0.15, -0.1) is 0 Å². The number of fused-ring (bicyclic) bond motifs is 5. The van der Waals surface area contributed by atoms with Gasteiger partial charge in [-0.2, -0.15) is 0 Å². The van der Waals surface area contributed by atoms with Gasteiger partial charge in [-0.25, -0.2) is 0 Å². The predicted molar refractivity (Wildman–Crippen MR) is 281 cm³/mol. The van der Waals surface area contributed by atoms with Crippen molar-refractivity contribution in [1.29, 1.82) is 0 Å². The van der Waals surface area contributed by atoms with Crippen LogP contribution in [0.1, 0.15) is 93.3 Å². The van der Waals surface area contributed by atoms with Crippen molar-refractivity contribution in [2.75, 3.05) is 10.2 Å². The average Bonchev–Trinajstić information content (AvgIpc) is 3.29. The fraction of sp³-hybridized carbons (Fsp3) is 0.226. The number of para-hydroxylation sites is 2. The second-order valence-electron chi connectivity index (χ2n) is 21.1. The molecule has 2 aliphatic heterocycles. The minimum atomic E-state index is -0.171. The molecule has 320 valence electrons. The Morgan fingerprint density at radius 1 is 0.477 bits per heavy atom. The number of nitrogens with one attached hydrogen (secondary N) is 1. The lowest BCUT2D eigenvalue weighted by atomic mass is 9.55. The van der Waals surface area contributed by atoms with Gasteiger partial charge in [0.25, 0.3) is 0 Å². The second-order valence-corrected chi connectivity index (χ2v) is 21.1.